The van der Waals surface area contributed by atoms with Gasteiger partial charge in [0.15, 0.2) is 5.13 Å². The van der Waals surface area contributed by atoms with Crippen LogP contribution in [0.3, 0.4) is 0 Å². The molecular formula is C29H30N4O2S2. The van der Waals surface area contributed by atoms with Gasteiger partial charge in [-0.05, 0) is 55.7 Å². The van der Waals surface area contributed by atoms with Gasteiger partial charge in [0, 0.05) is 18.5 Å². The molecule has 0 fully saturated rings. The van der Waals surface area contributed by atoms with Crippen LogP contribution in [0, 0.1) is 0 Å². The summed E-state index contributed by atoms with van der Waals surface area (Å²) < 4.78 is 6.83. The molecule has 8 heteroatoms. The van der Waals surface area contributed by atoms with Gasteiger partial charge in [-0.25, -0.2) is 9.97 Å². The topological polar surface area (TPSA) is 58.6 Å². The number of nitrogens with zero attached hydrogens (tertiary/aromatic N) is 4. The monoisotopic (exact) mass is 530 g/mol. The number of hydrogen-bond donors (Lipinski definition) is 0. The fraction of sp³-hybridized carbons (Fsp3) is 0.276. The van der Waals surface area contributed by atoms with Crippen LogP contribution in [-0.4, -0.2) is 53.6 Å². The number of pyridine rings is 1. The number of ether oxygens (including phenoxy) is 1. The molecule has 6 nitrogen and oxygen atoms in total. The van der Waals surface area contributed by atoms with E-state index in [-0.39, 0.29) is 5.91 Å². The van der Waals surface area contributed by atoms with Gasteiger partial charge in [0.25, 0.3) is 5.91 Å². The van der Waals surface area contributed by atoms with Crippen LogP contribution in [0.4, 0.5) is 5.13 Å². The summed E-state index contributed by atoms with van der Waals surface area (Å²) in [6.45, 7) is 9.96. The van der Waals surface area contributed by atoms with E-state index in [2.05, 4.69) is 18.7 Å². The SMILES string of the molecule is CCOc1cccc2sc(N(CCN(CC)CC)C(=O)c3cc(-c4cccs4)nc4ccccc34)nc12. The summed E-state index contributed by atoms with van der Waals surface area (Å²) in [7, 11) is 0. The van der Waals surface area contributed by atoms with Crippen molar-refractivity contribution in [3.63, 3.8) is 0 Å². The molecule has 0 saturated heterocycles. The molecule has 0 N–H and O–H groups in total. The summed E-state index contributed by atoms with van der Waals surface area (Å²) in [4.78, 5) is 29.4. The largest absolute Gasteiger partial charge is 0.492 e. The molecule has 0 bridgehead atoms. The minimum Gasteiger partial charge on any atom is -0.492 e. The van der Waals surface area contributed by atoms with Crippen LogP contribution in [-0.2, 0) is 0 Å². The van der Waals surface area contributed by atoms with E-state index in [1.807, 2.05) is 77.9 Å². The lowest BCUT2D eigenvalue weighted by molar-refractivity contribution is 0.0985. The Labute approximate surface area is 225 Å². The molecule has 190 valence electrons. The molecule has 0 aliphatic carbocycles. The second-order valence-corrected chi connectivity index (χ2v) is 10.5. The maximum absolute atomic E-state index is 14.4. The summed E-state index contributed by atoms with van der Waals surface area (Å²) in [5.41, 5.74) is 3.05. The maximum atomic E-state index is 14.4. The van der Waals surface area contributed by atoms with E-state index < -0.39 is 0 Å². The van der Waals surface area contributed by atoms with Crippen LogP contribution in [0.15, 0.2) is 66.0 Å². The van der Waals surface area contributed by atoms with Gasteiger partial charge >= 0.3 is 0 Å². The van der Waals surface area contributed by atoms with Gasteiger partial charge in [0.1, 0.15) is 11.3 Å². The molecule has 0 aliphatic rings. The highest BCUT2D eigenvalue weighted by Gasteiger charge is 2.25. The quantitative estimate of drug-likeness (QED) is 0.195. The zero-order valence-electron chi connectivity index (χ0n) is 21.3. The third-order valence-corrected chi connectivity index (χ3v) is 8.34. The number of rotatable bonds is 10. The first-order chi connectivity index (χ1) is 18.1. The highest BCUT2D eigenvalue weighted by atomic mass is 32.1. The van der Waals surface area contributed by atoms with E-state index in [1.165, 1.54) is 11.3 Å². The molecule has 0 radical (unpaired) electrons. The van der Waals surface area contributed by atoms with Crippen LogP contribution in [0.1, 0.15) is 31.1 Å². The van der Waals surface area contributed by atoms with Crippen LogP contribution >= 0.6 is 22.7 Å². The van der Waals surface area contributed by atoms with Gasteiger partial charge in [-0.15, -0.1) is 11.3 Å². The van der Waals surface area contributed by atoms with Gasteiger partial charge in [-0.2, -0.15) is 0 Å². The molecule has 0 aliphatic heterocycles. The Bertz CT molecular complexity index is 1510. The lowest BCUT2D eigenvalue weighted by atomic mass is 10.1. The van der Waals surface area contributed by atoms with E-state index in [1.54, 1.807) is 11.3 Å². The molecule has 37 heavy (non-hydrogen) atoms. The molecule has 0 saturated carbocycles. The Kier molecular flexibility index (Phi) is 7.79. The van der Waals surface area contributed by atoms with Crippen molar-refractivity contribution in [1.29, 1.82) is 0 Å². The minimum absolute atomic E-state index is 0.0689. The zero-order chi connectivity index (χ0) is 25.8. The number of para-hydroxylation sites is 2. The molecule has 3 aromatic heterocycles. The molecule has 0 spiro atoms. The Morgan fingerprint density at radius 1 is 0.946 bits per heavy atom. The number of hydrogen-bond acceptors (Lipinski definition) is 7. The lowest BCUT2D eigenvalue weighted by Crippen LogP contribution is -2.39. The van der Waals surface area contributed by atoms with Crippen molar-refractivity contribution in [3.05, 3.63) is 71.6 Å². The minimum atomic E-state index is -0.0689. The predicted molar refractivity (Wildman–Crippen MR) is 155 cm³/mol. The van der Waals surface area contributed by atoms with E-state index in [0.29, 0.717) is 23.8 Å². The zero-order valence-corrected chi connectivity index (χ0v) is 22.9. The molecular weight excluding hydrogens is 500 g/mol. The Morgan fingerprint density at radius 3 is 2.54 bits per heavy atom. The Balaban J connectivity index is 1.62. The highest BCUT2D eigenvalue weighted by molar-refractivity contribution is 7.22. The summed E-state index contributed by atoms with van der Waals surface area (Å²) in [5.74, 6) is 0.675. The Hall–Kier alpha value is -3.33. The average molecular weight is 531 g/mol. The number of carbonyl (C=O) groups excluding carboxylic acids is 1. The number of carbonyl (C=O) groups is 1. The van der Waals surface area contributed by atoms with Crippen molar-refractivity contribution >= 4 is 54.8 Å². The maximum Gasteiger partial charge on any atom is 0.260 e. The molecule has 0 atom stereocenters. The third-order valence-electron chi connectivity index (χ3n) is 6.40. The van der Waals surface area contributed by atoms with Gasteiger partial charge in [0.05, 0.1) is 33.0 Å². The van der Waals surface area contributed by atoms with Gasteiger partial charge in [0.2, 0.25) is 0 Å². The van der Waals surface area contributed by atoms with Crippen molar-refractivity contribution in [3.8, 4) is 16.3 Å². The first-order valence-corrected chi connectivity index (χ1v) is 14.3. The van der Waals surface area contributed by atoms with E-state index in [4.69, 9.17) is 14.7 Å². The summed E-state index contributed by atoms with van der Waals surface area (Å²) >= 11 is 3.15. The van der Waals surface area contributed by atoms with Crippen molar-refractivity contribution in [2.75, 3.05) is 37.7 Å². The van der Waals surface area contributed by atoms with E-state index >= 15 is 0 Å². The number of thiophene rings is 1. The van der Waals surface area contributed by atoms with Gasteiger partial charge in [-0.1, -0.05) is 55.5 Å². The fourth-order valence-electron chi connectivity index (χ4n) is 4.41. The van der Waals surface area contributed by atoms with Crippen LogP contribution in [0.2, 0.25) is 0 Å². The number of thiazole rings is 1. The van der Waals surface area contributed by atoms with Crippen LogP contribution in [0.25, 0.3) is 31.7 Å². The lowest BCUT2D eigenvalue weighted by Gasteiger charge is -2.25. The molecule has 5 rings (SSSR count). The van der Waals surface area contributed by atoms with Crippen molar-refractivity contribution in [2.24, 2.45) is 0 Å². The summed E-state index contributed by atoms with van der Waals surface area (Å²) in [5, 5.41) is 3.55. The normalized spacial score (nSPS) is 11.5. The second-order valence-electron chi connectivity index (χ2n) is 8.57. The van der Waals surface area contributed by atoms with Crippen molar-refractivity contribution in [1.82, 2.24) is 14.9 Å². The third kappa shape index (κ3) is 5.23. The summed E-state index contributed by atoms with van der Waals surface area (Å²) in [6.07, 6.45) is 0. The average Bonchev–Trinajstić information content (AvgIpc) is 3.62. The first-order valence-electron chi connectivity index (χ1n) is 12.6. The highest BCUT2D eigenvalue weighted by Crippen LogP contribution is 2.36. The van der Waals surface area contributed by atoms with E-state index in [9.17, 15) is 4.79 Å². The molecule has 2 aromatic carbocycles. The smallest absolute Gasteiger partial charge is 0.260 e. The number of amides is 1. The number of anilines is 1. The molecule has 1 amide bonds. The number of fused-ring (bicyclic) bond motifs is 2. The standard InChI is InChI=1S/C29H30N4O2S2/c1-4-32(5-2)16-17-33(29-31-27-24(35-6-3)13-9-14-26(27)37-29)28(34)21-19-23(25-15-10-18-36-25)30-22-12-8-7-11-20(21)22/h7-15,18-19H,4-6,16-17H2,1-3H3. The van der Waals surface area contributed by atoms with Gasteiger partial charge in [-0.3, -0.25) is 9.69 Å². The number of aromatic nitrogens is 2. The van der Waals surface area contributed by atoms with Crippen molar-refractivity contribution in [2.45, 2.75) is 20.8 Å². The van der Waals surface area contributed by atoms with E-state index in [0.717, 1.165) is 57.1 Å². The van der Waals surface area contributed by atoms with Gasteiger partial charge < -0.3 is 9.64 Å². The molecule has 5 aromatic rings. The predicted octanol–water partition coefficient (Wildman–Crippen LogP) is 6.96. The van der Waals surface area contributed by atoms with Crippen LogP contribution in [0.5, 0.6) is 5.75 Å². The summed E-state index contributed by atoms with van der Waals surface area (Å²) in [6, 6.07) is 19.8. The first kappa shape index (κ1) is 25.3. The second kappa shape index (κ2) is 11.4. The van der Waals surface area contributed by atoms with Crippen LogP contribution < -0.4 is 9.64 Å². The number of benzene rings is 2. The fourth-order valence-corrected chi connectivity index (χ4v) is 6.11. The molecule has 0 unspecified atom stereocenters. The Morgan fingerprint density at radius 2 is 1.78 bits per heavy atom. The van der Waals surface area contributed by atoms with Crippen molar-refractivity contribution < 1.29 is 9.53 Å². The number of likely N-dealkylation sites (N-methyl/N-ethyl adjacent to an activating group) is 1. The molecule has 3 heterocycles.